The molecule has 0 bridgehead atoms. The van der Waals surface area contributed by atoms with Crippen LogP contribution in [0.3, 0.4) is 0 Å². The van der Waals surface area contributed by atoms with Crippen LogP contribution in [0.25, 0.3) is 0 Å². The zero-order chi connectivity index (χ0) is 12.7. The molecule has 1 rings (SSSR count). The molecule has 4 heteroatoms. The number of pyridine rings is 1. The Bertz CT molecular complexity index is 343. The summed E-state index contributed by atoms with van der Waals surface area (Å²) in [5, 5.41) is 10.4. The van der Waals surface area contributed by atoms with Crippen LogP contribution < -0.4 is 4.74 Å². The van der Waals surface area contributed by atoms with Gasteiger partial charge in [0.25, 0.3) is 0 Å². The van der Waals surface area contributed by atoms with Crippen molar-refractivity contribution in [3.8, 4) is 5.75 Å². The first-order chi connectivity index (χ1) is 8.16. The first-order valence-electron chi connectivity index (χ1n) is 5.96. The van der Waals surface area contributed by atoms with Crippen molar-refractivity contribution in [3.05, 3.63) is 24.0 Å². The third-order valence-electron chi connectivity index (χ3n) is 2.69. The lowest BCUT2D eigenvalue weighted by atomic mass is 9.93. The van der Waals surface area contributed by atoms with Crippen LogP contribution >= 0.6 is 0 Å². The van der Waals surface area contributed by atoms with E-state index in [0.29, 0.717) is 18.8 Å². The molecule has 0 aliphatic rings. The molecule has 0 aliphatic carbocycles. The SMILES string of the molecule is CCCOc1cncc(C(O)(CC)COC)c1. The Hall–Kier alpha value is -1.13. The van der Waals surface area contributed by atoms with Gasteiger partial charge in [-0.2, -0.15) is 0 Å². The third-order valence-corrected chi connectivity index (χ3v) is 2.69. The minimum atomic E-state index is -0.993. The third kappa shape index (κ3) is 3.68. The fourth-order valence-corrected chi connectivity index (χ4v) is 1.60. The van der Waals surface area contributed by atoms with Crippen molar-refractivity contribution in [1.82, 2.24) is 4.98 Å². The van der Waals surface area contributed by atoms with E-state index in [0.717, 1.165) is 12.0 Å². The molecule has 1 unspecified atom stereocenters. The van der Waals surface area contributed by atoms with Gasteiger partial charge in [-0.25, -0.2) is 0 Å². The quantitative estimate of drug-likeness (QED) is 0.791. The van der Waals surface area contributed by atoms with Crippen molar-refractivity contribution in [3.63, 3.8) is 0 Å². The van der Waals surface area contributed by atoms with Gasteiger partial charge in [-0.3, -0.25) is 4.98 Å². The highest BCUT2D eigenvalue weighted by molar-refractivity contribution is 5.28. The molecule has 0 radical (unpaired) electrons. The molecule has 1 aromatic heterocycles. The predicted octanol–water partition coefficient (Wildman–Crippen LogP) is 2.11. The maximum absolute atomic E-state index is 10.4. The van der Waals surface area contributed by atoms with Crippen molar-refractivity contribution in [2.75, 3.05) is 20.3 Å². The number of aliphatic hydroxyl groups is 1. The van der Waals surface area contributed by atoms with Crippen molar-refractivity contribution in [2.24, 2.45) is 0 Å². The summed E-state index contributed by atoms with van der Waals surface area (Å²) in [6.45, 7) is 4.87. The largest absolute Gasteiger partial charge is 0.492 e. The molecule has 0 fully saturated rings. The van der Waals surface area contributed by atoms with Gasteiger partial charge in [0.05, 0.1) is 19.4 Å². The maximum Gasteiger partial charge on any atom is 0.137 e. The summed E-state index contributed by atoms with van der Waals surface area (Å²) in [5.74, 6) is 0.687. The molecule has 0 aliphatic heterocycles. The predicted molar refractivity (Wildman–Crippen MR) is 66.1 cm³/mol. The minimum absolute atomic E-state index is 0.252. The second-order valence-corrected chi connectivity index (χ2v) is 4.08. The Morgan fingerprint density at radius 3 is 2.71 bits per heavy atom. The molecule has 0 aromatic carbocycles. The molecule has 1 aromatic rings. The molecule has 0 amide bonds. The normalized spacial score (nSPS) is 14.4. The van der Waals surface area contributed by atoms with E-state index in [4.69, 9.17) is 9.47 Å². The van der Waals surface area contributed by atoms with Gasteiger partial charge in [0.2, 0.25) is 0 Å². The van der Waals surface area contributed by atoms with Crippen molar-refractivity contribution in [2.45, 2.75) is 32.3 Å². The summed E-state index contributed by atoms with van der Waals surface area (Å²) < 4.78 is 10.6. The van der Waals surface area contributed by atoms with E-state index in [1.54, 1.807) is 19.5 Å². The Morgan fingerprint density at radius 1 is 1.35 bits per heavy atom. The van der Waals surface area contributed by atoms with Gasteiger partial charge in [-0.05, 0) is 18.9 Å². The monoisotopic (exact) mass is 239 g/mol. The fraction of sp³-hybridized carbons (Fsp3) is 0.615. The summed E-state index contributed by atoms with van der Waals surface area (Å²) in [5.41, 5.74) is -0.261. The van der Waals surface area contributed by atoms with E-state index in [2.05, 4.69) is 4.98 Å². The van der Waals surface area contributed by atoms with Gasteiger partial charge >= 0.3 is 0 Å². The van der Waals surface area contributed by atoms with Gasteiger partial charge in [-0.1, -0.05) is 13.8 Å². The number of methoxy groups -OCH3 is 1. The van der Waals surface area contributed by atoms with Crippen LogP contribution in [0.5, 0.6) is 5.75 Å². The number of ether oxygens (including phenoxy) is 2. The summed E-state index contributed by atoms with van der Waals surface area (Å²) in [6, 6.07) is 1.82. The highest BCUT2D eigenvalue weighted by atomic mass is 16.5. The molecule has 0 saturated heterocycles. The van der Waals surface area contributed by atoms with E-state index in [9.17, 15) is 5.11 Å². The van der Waals surface area contributed by atoms with Crippen LogP contribution in [-0.2, 0) is 10.3 Å². The Labute approximate surface area is 103 Å². The van der Waals surface area contributed by atoms with Crippen LogP contribution in [0.4, 0.5) is 0 Å². The summed E-state index contributed by atoms with van der Waals surface area (Å²) in [7, 11) is 1.57. The zero-order valence-corrected chi connectivity index (χ0v) is 10.8. The van der Waals surface area contributed by atoms with Crippen LogP contribution in [0.15, 0.2) is 18.5 Å². The topological polar surface area (TPSA) is 51.6 Å². The summed E-state index contributed by atoms with van der Waals surface area (Å²) in [6.07, 6.45) is 4.82. The number of hydrogen-bond donors (Lipinski definition) is 1. The second-order valence-electron chi connectivity index (χ2n) is 4.08. The van der Waals surface area contributed by atoms with Gasteiger partial charge in [0.15, 0.2) is 0 Å². The second kappa shape index (κ2) is 6.57. The molecule has 4 nitrogen and oxygen atoms in total. The molecule has 1 atom stereocenters. The lowest BCUT2D eigenvalue weighted by Gasteiger charge is -2.26. The highest BCUT2D eigenvalue weighted by Gasteiger charge is 2.27. The van der Waals surface area contributed by atoms with Gasteiger partial charge in [0, 0.05) is 18.9 Å². The average Bonchev–Trinajstić information content (AvgIpc) is 2.37. The first-order valence-corrected chi connectivity index (χ1v) is 5.96. The molecule has 1 N–H and O–H groups in total. The summed E-state index contributed by atoms with van der Waals surface area (Å²) >= 11 is 0. The van der Waals surface area contributed by atoms with Crippen molar-refractivity contribution in [1.29, 1.82) is 0 Å². The number of hydrogen-bond acceptors (Lipinski definition) is 4. The first kappa shape index (κ1) is 13.9. The molecule has 1 heterocycles. The van der Waals surface area contributed by atoms with E-state index < -0.39 is 5.60 Å². The van der Waals surface area contributed by atoms with Gasteiger partial charge in [0.1, 0.15) is 11.4 Å². The highest BCUT2D eigenvalue weighted by Crippen LogP contribution is 2.27. The molecule has 17 heavy (non-hydrogen) atoms. The standard InChI is InChI=1S/C13H21NO3/c1-4-6-17-12-7-11(8-14-9-12)13(15,5-2)10-16-3/h7-9,15H,4-6,10H2,1-3H3. The Morgan fingerprint density at radius 2 is 2.12 bits per heavy atom. The Kier molecular flexibility index (Phi) is 5.38. The smallest absolute Gasteiger partial charge is 0.137 e. The number of aromatic nitrogens is 1. The van der Waals surface area contributed by atoms with Crippen LogP contribution in [0, 0.1) is 0 Å². The van der Waals surface area contributed by atoms with Crippen LogP contribution in [-0.4, -0.2) is 30.4 Å². The summed E-state index contributed by atoms with van der Waals surface area (Å²) in [4.78, 5) is 4.09. The Balaban J connectivity index is 2.88. The lowest BCUT2D eigenvalue weighted by Crippen LogP contribution is -2.30. The van der Waals surface area contributed by atoms with Crippen molar-refractivity contribution < 1.29 is 14.6 Å². The van der Waals surface area contributed by atoms with E-state index in [1.807, 2.05) is 19.9 Å². The molecular weight excluding hydrogens is 218 g/mol. The average molecular weight is 239 g/mol. The van der Waals surface area contributed by atoms with E-state index in [1.165, 1.54) is 0 Å². The fourth-order valence-electron chi connectivity index (χ4n) is 1.60. The number of rotatable bonds is 7. The molecule has 0 saturated carbocycles. The molecule has 96 valence electrons. The molecule has 0 spiro atoms. The maximum atomic E-state index is 10.4. The van der Waals surface area contributed by atoms with Gasteiger partial charge < -0.3 is 14.6 Å². The van der Waals surface area contributed by atoms with Gasteiger partial charge in [-0.15, -0.1) is 0 Å². The number of nitrogens with zero attached hydrogens (tertiary/aromatic N) is 1. The van der Waals surface area contributed by atoms with E-state index >= 15 is 0 Å². The zero-order valence-electron chi connectivity index (χ0n) is 10.8. The lowest BCUT2D eigenvalue weighted by molar-refractivity contribution is -0.0390. The molecular formula is C13H21NO3. The minimum Gasteiger partial charge on any atom is -0.492 e. The van der Waals surface area contributed by atoms with Crippen LogP contribution in [0.1, 0.15) is 32.3 Å². The van der Waals surface area contributed by atoms with E-state index in [-0.39, 0.29) is 6.61 Å². The van der Waals surface area contributed by atoms with Crippen LogP contribution in [0.2, 0.25) is 0 Å². The van der Waals surface area contributed by atoms with Crippen molar-refractivity contribution >= 4 is 0 Å².